The van der Waals surface area contributed by atoms with Crippen LogP contribution in [0.15, 0.2) is 29.2 Å². The SMILES string of the molecule is O=S(=O)(NCCC(F)(F)F)c1ccccc1C#CCCO. The smallest absolute Gasteiger partial charge is 0.390 e. The first-order valence-corrected chi connectivity index (χ1v) is 7.50. The molecule has 4 nitrogen and oxygen atoms in total. The number of sulfonamides is 1. The summed E-state index contributed by atoms with van der Waals surface area (Å²) in [6, 6.07) is 5.73. The van der Waals surface area contributed by atoms with Crippen LogP contribution in [-0.2, 0) is 10.0 Å². The lowest BCUT2D eigenvalue weighted by molar-refractivity contribution is -0.132. The molecule has 0 spiro atoms. The lowest BCUT2D eigenvalue weighted by atomic mass is 10.2. The Morgan fingerprint density at radius 3 is 2.52 bits per heavy atom. The van der Waals surface area contributed by atoms with Crippen molar-refractivity contribution in [2.45, 2.75) is 23.9 Å². The quantitative estimate of drug-likeness (QED) is 0.811. The third-order valence-electron chi connectivity index (χ3n) is 2.34. The maximum atomic E-state index is 12.0. The van der Waals surface area contributed by atoms with Crippen LogP contribution in [0.5, 0.6) is 0 Å². The van der Waals surface area contributed by atoms with Crippen LogP contribution in [0.4, 0.5) is 13.2 Å². The molecule has 0 bridgehead atoms. The molecule has 0 aliphatic heterocycles. The normalized spacial score (nSPS) is 11.8. The Kier molecular flexibility index (Phi) is 6.20. The molecule has 0 saturated heterocycles. The highest BCUT2D eigenvalue weighted by atomic mass is 32.2. The van der Waals surface area contributed by atoms with E-state index in [0.29, 0.717) is 0 Å². The molecule has 116 valence electrons. The minimum atomic E-state index is -4.43. The molecule has 0 heterocycles. The molecule has 2 N–H and O–H groups in total. The first-order chi connectivity index (χ1) is 9.76. The second-order valence-electron chi connectivity index (χ2n) is 4.03. The first-order valence-electron chi connectivity index (χ1n) is 6.01. The molecule has 1 aromatic carbocycles. The number of aliphatic hydroxyl groups excluding tert-OH is 1. The van der Waals surface area contributed by atoms with Crippen LogP contribution in [0, 0.1) is 11.8 Å². The van der Waals surface area contributed by atoms with E-state index in [-0.39, 0.29) is 23.5 Å². The lowest BCUT2D eigenvalue weighted by Gasteiger charge is -2.10. The highest BCUT2D eigenvalue weighted by Crippen LogP contribution is 2.19. The molecule has 1 aromatic rings. The second-order valence-corrected chi connectivity index (χ2v) is 5.77. The second kappa shape index (κ2) is 7.45. The van der Waals surface area contributed by atoms with Crippen molar-refractivity contribution in [3.8, 4) is 11.8 Å². The molecular weight excluding hydrogens is 307 g/mol. The van der Waals surface area contributed by atoms with Crippen LogP contribution in [0.1, 0.15) is 18.4 Å². The van der Waals surface area contributed by atoms with Gasteiger partial charge in [-0.15, -0.1) is 0 Å². The molecule has 0 fully saturated rings. The van der Waals surface area contributed by atoms with Gasteiger partial charge in [0.15, 0.2) is 0 Å². The summed E-state index contributed by atoms with van der Waals surface area (Å²) >= 11 is 0. The Balaban J connectivity index is 2.91. The Morgan fingerprint density at radius 1 is 1.24 bits per heavy atom. The standard InChI is InChI=1S/C13H14F3NO3S/c14-13(15,16)8-9-17-21(19,20)12-7-2-1-5-11(12)6-3-4-10-18/h1-2,5,7,17-18H,4,8-10H2. The fraction of sp³-hybridized carbons (Fsp3) is 0.385. The van der Waals surface area contributed by atoms with Gasteiger partial charge >= 0.3 is 6.18 Å². The molecule has 0 amide bonds. The van der Waals surface area contributed by atoms with E-state index in [1.807, 2.05) is 4.72 Å². The Labute approximate surface area is 121 Å². The van der Waals surface area contributed by atoms with Gasteiger partial charge in [0.2, 0.25) is 10.0 Å². The number of hydrogen-bond acceptors (Lipinski definition) is 3. The zero-order chi connectivity index (χ0) is 15.9. The largest absolute Gasteiger partial charge is 0.395 e. The highest BCUT2D eigenvalue weighted by Gasteiger charge is 2.28. The van der Waals surface area contributed by atoms with E-state index in [1.165, 1.54) is 18.2 Å². The summed E-state index contributed by atoms with van der Waals surface area (Å²) in [6.45, 7) is -0.893. The van der Waals surface area contributed by atoms with Crippen molar-refractivity contribution in [1.82, 2.24) is 4.72 Å². The van der Waals surface area contributed by atoms with Gasteiger partial charge in [0.1, 0.15) is 0 Å². The van der Waals surface area contributed by atoms with E-state index in [9.17, 15) is 21.6 Å². The maximum absolute atomic E-state index is 12.0. The van der Waals surface area contributed by atoms with E-state index < -0.39 is 29.2 Å². The number of aliphatic hydroxyl groups is 1. The molecule has 8 heteroatoms. The van der Waals surface area contributed by atoms with E-state index in [4.69, 9.17) is 5.11 Å². The van der Waals surface area contributed by atoms with Crippen LogP contribution in [0.2, 0.25) is 0 Å². The third kappa shape index (κ3) is 6.16. The number of nitrogens with one attached hydrogen (secondary N) is 1. The van der Waals surface area contributed by atoms with E-state index in [0.717, 1.165) is 0 Å². The zero-order valence-corrected chi connectivity index (χ0v) is 11.8. The van der Waals surface area contributed by atoms with Crippen LogP contribution < -0.4 is 4.72 Å². The summed E-state index contributed by atoms with van der Waals surface area (Å²) < 4.78 is 62.0. The maximum Gasteiger partial charge on any atom is 0.390 e. The van der Waals surface area contributed by atoms with E-state index in [1.54, 1.807) is 6.07 Å². The summed E-state index contributed by atoms with van der Waals surface area (Å²) in [5, 5.41) is 8.63. The predicted molar refractivity (Wildman–Crippen MR) is 70.9 cm³/mol. The van der Waals surface area contributed by atoms with Gasteiger partial charge in [-0.2, -0.15) is 13.2 Å². The third-order valence-corrected chi connectivity index (χ3v) is 3.86. The van der Waals surface area contributed by atoms with Crippen molar-refractivity contribution in [1.29, 1.82) is 0 Å². The average Bonchev–Trinajstić information content (AvgIpc) is 2.37. The van der Waals surface area contributed by atoms with Gasteiger partial charge in [0.05, 0.1) is 17.9 Å². The summed E-state index contributed by atoms with van der Waals surface area (Å²) in [4.78, 5) is -0.183. The van der Waals surface area contributed by atoms with Gasteiger partial charge in [-0.05, 0) is 12.1 Å². The molecular formula is C13H14F3NO3S. The average molecular weight is 321 g/mol. The number of hydrogen-bond donors (Lipinski definition) is 2. The lowest BCUT2D eigenvalue weighted by Crippen LogP contribution is -2.28. The minimum Gasteiger partial charge on any atom is -0.395 e. The minimum absolute atomic E-state index is 0.161. The number of rotatable bonds is 5. The molecule has 0 saturated carbocycles. The fourth-order valence-corrected chi connectivity index (χ4v) is 2.62. The Morgan fingerprint density at radius 2 is 1.90 bits per heavy atom. The van der Waals surface area contributed by atoms with Gasteiger partial charge in [-0.25, -0.2) is 13.1 Å². The highest BCUT2D eigenvalue weighted by molar-refractivity contribution is 7.89. The topological polar surface area (TPSA) is 66.4 Å². The monoisotopic (exact) mass is 321 g/mol. The van der Waals surface area contributed by atoms with Crippen LogP contribution in [-0.4, -0.2) is 32.9 Å². The van der Waals surface area contributed by atoms with Crippen LogP contribution in [0.3, 0.4) is 0 Å². The summed E-state index contributed by atoms with van der Waals surface area (Å²) in [6.07, 6.45) is -5.50. The fourth-order valence-electron chi connectivity index (χ4n) is 1.42. The first kappa shape index (κ1) is 17.5. The summed E-state index contributed by atoms with van der Waals surface area (Å²) in [7, 11) is -4.07. The van der Waals surface area contributed by atoms with Crippen molar-refractivity contribution in [2.24, 2.45) is 0 Å². The van der Waals surface area contributed by atoms with Gasteiger partial charge in [-0.3, -0.25) is 0 Å². The van der Waals surface area contributed by atoms with Crippen LogP contribution in [0.25, 0.3) is 0 Å². The predicted octanol–water partition coefficient (Wildman–Crippen LogP) is 1.65. The molecule has 0 unspecified atom stereocenters. The van der Waals surface area contributed by atoms with Gasteiger partial charge in [0.25, 0.3) is 0 Å². The van der Waals surface area contributed by atoms with Gasteiger partial charge in [0, 0.05) is 18.5 Å². The van der Waals surface area contributed by atoms with Gasteiger partial charge < -0.3 is 5.11 Å². The van der Waals surface area contributed by atoms with Crippen molar-refractivity contribution in [3.63, 3.8) is 0 Å². The number of halogens is 3. The summed E-state index contributed by atoms with van der Waals surface area (Å²) in [5.41, 5.74) is 0.172. The molecule has 0 radical (unpaired) electrons. The Bertz CT molecular complexity index is 630. The molecule has 0 aliphatic carbocycles. The Hall–Kier alpha value is -1.56. The van der Waals surface area contributed by atoms with Crippen LogP contribution >= 0.6 is 0 Å². The molecule has 0 aromatic heterocycles. The van der Waals surface area contributed by atoms with E-state index in [2.05, 4.69) is 11.8 Å². The molecule has 0 atom stereocenters. The zero-order valence-electron chi connectivity index (χ0n) is 10.9. The van der Waals surface area contributed by atoms with Crippen molar-refractivity contribution in [2.75, 3.05) is 13.2 Å². The van der Waals surface area contributed by atoms with Crippen molar-refractivity contribution < 1.29 is 26.7 Å². The van der Waals surface area contributed by atoms with E-state index >= 15 is 0 Å². The summed E-state index contributed by atoms with van der Waals surface area (Å²) in [5.74, 6) is 5.15. The van der Waals surface area contributed by atoms with Crippen molar-refractivity contribution >= 4 is 10.0 Å². The van der Waals surface area contributed by atoms with Crippen molar-refractivity contribution in [3.05, 3.63) is 29.8 Å². The molecule has 21 heavy (non-hydrogen) atoms. The molecule has 0 aliphatic rings. The van der Waals surface area contributed by atoms with Gasteiger partial charge in [-0.1, -0.05) is 24.0 Å². The number of benzene rings is 1. The molecule has 1 rings (SSSR count). The number of alkyl halides is 3.